The lowest BCUT2D eigenvalue weighted by molar-refractivity contribution is -0.166. The number of hydrogen-bond acceptors (Lipinski definition) is 6. The van der Waals surface area contributed by atoms with Gasteiger partial charge in [0.1, 0.15) is 13.2 Å². The van der Waals surface area contributed by atoms with Crippen LogP contribution in [0.5, 0.6) is 0 Å². The van der Waals surface area contributed by atoms with Crippen LogP contribution in [0.1, 0.15) is 252 Å². The van der Waals surface area contributed by atoms with Crippen LogP contribution >= 0.6 is 0 Å². The van der Waals surface area contributed by atoms with Crippen LogP contribution in [0.25, 0.3) is 0 Å². The van der Waals surface area contributed by atoms with Crippen molar-refractivity contribution in [2.75, 3.05) is 13.2 Å². The minimum atomic E-state index is -0.835. The summed E-state index contributed by atoms with van der Waals surface area (Å²) < 4.78 is 16.7. The van der Waals surface area contributed by atoms with Crippen LogP contribution in [-0.2, 0) is 28.6 Å². The lowest BCUT2D eigenvalue weighted by atomic mass is 10.0. The van der Waals surface area contributed by atoms with E-state index >= 15 is 0 Å². The van der Waals surface area contributed by atoms with E-state index in [1.54, 1.807) is 6.08 Å². The van der Waals surface area contributed by atoms with E-state index in [1.807, 2.05) is 6.08 Å². The molecule has 0 fully saturated rings. The zero-order valence-electron chi connectivity index (χ0n) is 42.5. The van der Waals surface area contributed by atoms with Crippen molar-refractivity contribution in [2.24, 2.45) is 0 Å². The van der Waals surface area contributed by atoms with Crippen LogP contribution in [0, 0.1) is 0 Å². The number of carbonyl (C=O) groups excluding carboxylic acids is 3. The van der Waals surface area contributed by atoms with Crippen molar-refractivity contribution in [2.45, 2.75) is 258 Å². The Morgan fingerprint density at radius 2 is 0.677 bits per heavy atom. The summed E-state index contributed by atoms with van der Waals surface area (Å²) in [6, 6.07) is 0. The molecule has 0 bridgehead atoms. The van der Waals surface area contributed by atoms with Gasteiger partial charge in [-0.1, -0.05) is 247 Å². The normalized spacial score (nSPS) is 12.7. The Kier molecular flexibility index (Phi) is 50.4. The van der Waals surface area contributed by atoms with Gasteiger partial charge < -0.3 is 14.2 Å². The quantitative estimate of drug-likeness (QED) is 0.0262. The molecule has 0 aliphatic carbocycles. The Morgan fingerprint density at radius 3 is 1.08 bits per heavy atom. The summed E-state index contributed by atoms with van der Waals surface area (Å²) in [6.07, 6.45) is 68.9. The molecule has 0 heterocycles. The maximum absolute atomic E-state index is 12.7. The fraction of sp³-hybridized carbons (Fsp3) is 0.712. The van der Waals surface area contributed by atoms with Crippen LogP contribution in [0.2, 0.25) is 0 Å². The van der Waals surface area contributed by atoms with Crippen molar-refractivity contribution in [1.82, 2.24) is 0 Å². The Balaban J connectivity index is 4.45. The van der Waals surface area contributed by atoms with Crippen molar-refractivity contribution < 1.29 is 28.6 Å². The molecule has 0 aromatic carbocycles. The van der Waals surface area contributed by atoms with Gasteiger partial charge in [0.2, 0.25) is 0 Å². The van der Waals surface area contributed by atoms with Crippen LogP contribution in [0.4, 0.5) is 0 Å². The van der Waals surface area contributed by atoms with Crippen molar-refractivity contribution in [3.8, 4) is 0 Å². The number of esters is 3. The molecule has 0 spiro atoms. The number of hydrogen-bond donors (Lipinski definition) is 0. The molecule has 0 saturated carbocycles. The maximum Gasteiger partial charge on any atom is 0.310 e. The van der Waals surface area contributed by atoms with Gasteiger partial charge in [-0.15, -0.1) is 0 Å². The summed E-state index contributed by atoms with van der Waals surface area (Å²) in [7, 11) is 0. The number of unbranched alkanes of at least 4 members (excludes halogenated alkanes) is 24. The molecule has 1 unspecified atom stereocenters. The van der Waals surface area contributed by atoms with Crippen LogP contribution < -0.4 is 0 Å². The van der Waals surface area contributed by atoms with E-state index in [4.69, 9.17) is 14.2 Å². The number of rotatable bonds is 48. The van der Waals surface area contributed by atoms with Crippen molar-refractivity contribution in [3.05, 3.63) is 85.1 Å². The second kappa shape index (κ2) is 53.2. The average molecular weight is 905 g/mol. The average Bonchev–Trinajstić information content (AvgIpc) is 3.30. The molecule has 1 atom stereocenters. The molecule has 0 saturated heterocycles. The van der Waals surface area contributed by atoms with Gasteiger partial charge in [-0.05, 0) is 70.6 Å². The van der Waals surface area contributed by atoms with E-state index in [1.165, 1.54) is 109 Å². The Labute approximate surface area is 401 Å². The van der Waals surface area contributed by atoms with E-state index in [0.717, 1.165) is 103 Å². The molecule has 6 nitrogen and oxygen atoms in total. The van der Waals surface area contributed by atoms with Crippen LogP contribution in [0.15, 0.2) is 85.1 Å². The molecule has 372 valence electrons. The van der Waals surface area contributed by atoms with Gasteiger partial charge in [-0.3, -0.25) is 14.4 Å². The fourth-order valence-corrected chi connectivity index (χ4v) is 7.38. The van der Waals surface area contributed by atoms with Gasteiger partial charge in [-0.2, -0.15) is 0 Å². The van der Waals surface area contributed by atoms with Crippen molar-refractivity contribution in [1.29, 1.82) is 0 Å². The predicted octanol–water partition coefficient (Wildman–Crippen LogP) is 18.0. The molecule has 0 aliphatic heterocycles. The van der Waals surface area contributed by atoms with Gasteiger partial charge in [0.05, 0.1) is 6.42 Å². The molecule has 65 heavy (non-hydrogen) atoms. The van der Waals surface area contributed by atoms with Crippen molar-refractivity contribution >= 4 is 17.9 Å². The highest BCUT2D eigenvalue weighted by molar-refractivity contribution is 5.72. The number of ether oxygens (including phenoxy) is 3. The third-order valence-electron chi connectivity index (χ3n) is 11.4. The first-order chi connectivity index (χ1) is 32.0. The molecule has 0 aliphatic rings. The highest BCUT2D eigenvalue weighted by Crippen LogP contribution is 2.16. The molecule has 0 N–H and O–H groups in total. The second-order valence-corrected chi connectivity index (χ2v) is 17.8. The van der Waals surface area contributed by atoms with E-state index in [0.29, 0.717) is 12.8 Å². The van der Waals surface area contributed by atoms with E-state index < -0.39 is 12.1 Å². The molecular formula is C59H100O6. The summed E-state index contributed by atoms with van der Waals surface area (Å²) in [5.41, 5.74) is 0. The molecule has 0 amide bonds. The highest BCUT2D eigenvalue weighted by Gasteiger charge is 2.19. The topological polar surface area (TPSA) is 78.9 Å². The first-order valence-corrected chi connectivity index (χ1v) is 27.1. The molecule has 6 heteroatoms. The number of allylic oxidation sites excluding steroid dienone is 13. The molecule has 0 aromatic rings. The van der Waals surface area contributed by atoms with E-state index in [-0.39, 0.29) is 31.6 Å². The second-order valence-electron chi connectivity index (χ2n) is 17.8. The van der Waals surface area contributed by atoms with Gasteiger partial charge >= 0.3 is 17.9 Å². The minimum absolute atomic E-state index is 0.0943. The molecule has 0 rings (SSSR count). The Morgan fingerprint density at radius 1 is 0.338 bits per heavy atom. The van der Waals surface area contributed by atoms with Gasteiger partial charge in [0.25, 0.3) is 0 Å². The zero-order valence-corrected chi connectivity index (χ0v) is 42.5. The standard InChI is InChI=1S/C59H100O6/c1-4-7-10-13-16-19-22-25-27-28-29-30-32-34-37-40-43-46-49-52-58(61)64-55-56(54-63-57(60)51-48-45-42-39-36-33-24-21-18-15-12-9-6-3)65-59(62)53-50-47-44-41-38-35-31-26-23-20-17-14-11-8-5-2/h8,11-12,15,17,20-21,24,26,31,38,41,47,50,56H,4-7,9-10,13-14,16,18-19,22-23,25,27-30,32-37,39-40,42-46,48-49,51-55H2,1-3H3/b11-8-,15-12-,20-17-,24-21-,31-26-,41-38-,50-47-. The van der Waals surface area contributed by atoms with E-state index in [2.05, 4.69) is 93.7 Å². The van der Waals surface area contributed by atoms with Crippen LogP contribution in [-0.4, -0.2) is 37.2 Å². The van der Waals surface area contributed by atoms with E-state index in [9.17, 15) is 14.4 Å². The zero-order chi connectivity index (χ0) is 47.2. The van der Waals surface area contributed by atoms with Crippen LogP contribution in [0.3, 0.4) is 0 Å². The lowest BCUT2D eigenvalue weighted by Crippen LogP contribution is -2.30. The maximum atomic E-state index is 12.7. The SMILES string of the molecule is CC/C=C\C/C=C\C/C=C\C/C=C\C/C=C\CC(=O)OC(COC(=O)CCCCCCC/C=C\C/C=C\CCC)COC(=O)CCCCCCCCCCCCCCCCCCCCC. The molecule has 0 aromatic heterocycles. The Hall–Kier alpha value is -3.41. The van der Waals surface area contributed by atoms with Crippen molar-refractivity contribution in [3.63, 3.8) is 0 Å². The smallest absolute Gasteiger partial charge is 0.310 e. The summed E-state index contributed by atoms with van der Waals surface area (Å²) in [6.45, 7) is 6.38. The van der Waals surface area contributed by atoms with Gasteiger partial charge in [0, 0.05) is 12.8 Å². The first-order valence-electron chi connectivity index (χ1n) is 27.1. The largest absolute Gasteiger partial charge is 0.462 e. The fourth-order valence-electron chi connectivity index (χ4n) is 7.38. The molecule has 0 radical (unpaired) electrons. The van der Waals surface area contributed by atoms with Gasteiger partial charge in [-0.25, -0.2) is 0 Å². The predicted molar refractivity (Wildman–Crippen MR) is 279 cm³/mol. The summed E-state index contributed by atoms with van der Waals surface area (Å²) >= 11 is 0. The monoisotopic (exact) mass is 905 g/mol. The Bertz CT molecular complexity index is 1270. The summed E-state index contributed by atoms with van der Waals surface area (Å²) in [4.78, 5) is 38.0. The minimum Gasteiger partial charge on any atom is -0.462 e. The lowest BCUT2D eigenvalue weighted by Gasteiger charge is -2.18. The third-order valence-corrected chi connectivity index (χ3v) is 11.4. The van der Waals surface area contributed by atoms with Gasteiger partial charge in [0.15, 0.2) is 6.10 Å². The highest BCUT2D eigenvalue weighted by atomic mass is 16.6. The molecular weight excluding hydrogens is 805 g/mol. The third kappa shape index (κ3) is 51.4. The number of carbonyl (C=O) groups is 3. The summed E-state index contributed by atoms with van der Waals surface area (Å²) in [5.74, 6) is -1.06. The first kappa shape index (κ1) is 61.6. The summed E-state index contributed by atoms with van der Waals surface area (Å²) in [5, 5.41) is 0.